The Hall–Kier alpha value is -7.94. The van der Waals surface area contributed by atoms with Crippen LogP contribution in [0.15, 0.2) is 255 Å². The third-order valence-corrected chi connectivity index (χ3v) is 11.2. The molecule has 0 aliphatic rings. The Bertz CT molecular complexity index is 2680. The van der Waals surface area contributed by atoms with E-state index >= 15 is 0 Å². The van der Waals surface area contributed by atoms with Crippen molar-refractivity contribution >= 4 is 44.9 Å². The molecule has 0 saturated heterocycles. The quantitative estimate of drug-likeness (QED) is 0.137. The van der Waals surface area contributed by atoms with E-state index in [9.17, 15) is 0 Å². The highest BCUT2D eigenvalue weighted by molar-refractivity contribution is 6.02. The number of anilines is 6. The summed E-state index contributed by atoms with van der Waals surface area (Å²) in [7, 11) is 0. The van der Waals surface area contributed by atoms with Gasteiger partial charge < -0.3 is 9.80 Å². The van der Waals surface area contributed by atoms with Gasteiger partial charge in [0.2, 0.25) is 0 Å². The first-order valence-corrected chi connectivity index (χ1v) is 20.5. The average molecular weight is 767 g/mol. The van der Waals surface area contributed by atoms with Crippen LogP contribution in [0.1, 0.15) is 0 Å². The predicted octanol–water partition coefficient (Wildman–Crippen LogP) is 16.4. The number of para-hydroxylation sites is 4. The van der Waals surface area contributed by atoms with Crippen molar-refractivity contribution < 1.29 is 0 Å². The molecule has 0 radical (unpaired) electrons. The molecule has 0 bridgehead atoms. The number of rotatable bonds is 10. The number of benzene rings is 10. The molecule has 10 aromatic rings. The van der Waals surface area contributed by atoms with Gasteiger partial charge in [0, 0.05) is 34.1 Å². The standard InChI is InChI=1S/C58H42N2/c1-7-19-43(20-8-1)55-39-47-42-58(46-33-37-54(38-34-46)60(51-27-15-5-16-28-51)52-29-17-6-18-30-52)56(44-21-9-2-10-22-44)40-48(47)41-57(55)45-31-35-53(36-32-45)59(49-23-11-3-12-24-49)50-25-13-4-14-26-50/h1-42H. The third-order valence-electron chi connectivity index (χ3n) is 11.2. The number of hydrogen-bond donors (Lipinski definition) is 0. The van der Waals surface area contributed by atoms with E-state index in [0.29, 0.717) is 0 Å². The zero-order valence-electron chi connectivity index (χ0n) is 33.1. The molecule has 0 aliphatic carbocycles. The molecule has 0 spiro atoms. The number of fused-ring (bicyclic) bond motifs is 1. The van der Waals surface area contributed by atoms with E-state index in [2.05, 4.69) is 265 Å². The lowest BCUT2D eigenvalue weighted by molar-refractivity contribution is 1.28. The zero-order chi connectivity index (χ0) is 40.1. The van der Waals surface area contributed by atoms with Gasteiger partial charge in [-0.05, 0) is 152 Å². The van der Waals surface area contributed by atoms with Crippen LogP contribution in [-0.2, 0) is 0 Å². The van der Waals surface area contributed by atoms with Crippen LogP contribution >= 0.6 is 0 Å². The third kappa shape index (κ3) is 7.35. The minimum atomic E-state index is 1.11. The Morgan fingerprint density at radius 3 is 0.633 bits per heavy atom. The van der Waals surface area contributed by atoms with E-state index in [1.165, 1.54) is 55.3 Å². The molecule has 0 amide bonds. The van der Waals surface area contributed by atoms with E-state index in [0.717, 1.165) is 34.1 Å². The molecule has 2 heteroatoms. The molecule has 0 heterocycles. The van der Waals surface area contributed by atoms with E-state index in [1.807, 2.05) is 0 Å². The second-order valence-corrected chi connectivity index (χ2v) is 15.0. The minimum Gasteiger partial charge on any atom is -0.311 e. The average Bonchev–Trinajstić information content (AvgIpc) is 3.33. The largest absolute Gasteiger partial charge is 0.311 e. The molecule has 2 nitrogen and oxygen atoms in total. The Kier molecular flexibility index (Phi) is 10.0. The van der Waals surface area contributed by atoms with Gasteiger partial charge in [-0.25, -0.2) is 0 Å². The minimum absolute atomic E-state index is 1.11. The van der Waals surface area contributed by atoms with Gasteiger partial charge in [-0.2, -0.15) is 0 Å². The highest BCUT2D eigenvalue weighted by Crippen LogP contribution is 2.43. The lowest BCUT2D eigenvalue weighted by atomic mass is 9.87. The molecular weight excluding hydrogens is 725 g/mol. The molecule has 0 atom stereocenters. The number of hydrogen-bond acceptors (Lipinski definition) is 2. The molecule has 0 saturated carbocycles. The van der Waals surface area contributed by atoms with Gasteiger partial charge in [0.05, 0.1) is 0 Å². The predicted molar refractivity (Wildman–Crippen MR) is 255 cm³/mol. The first-order valence-electron chi connectivity index (χ1n) is 20.5. The molecule has 10 rings (SSSR count). The van der Waals surface area contributed by atoms with Crippen LogP contribution in [0.4, 0.5) is 34.1 Å². The van der Waals surface area contributed by atoms with Crippen LogP contribution in [0, 0.1) is 0 Å². The molecule has 0 unspecified atom stereocenters. The van der Waals surface area contributed by atoms with Crippen molar-refractivity contribution in [1.82, 2.24) is 0 Å². The second kappa shape index (κ2) is 16.5. The van der Waals surface area contributed by atoms with Crippen molar-refractivity contribution in [3.8, 4) is 44.5 Å². The molecule has 0 aromatic heterocycles. The van der Waals surface area contributed by atoms with Gasteiger partial charge in [0.25, 0.3) is 0 Å². The Morgan fingerprint density at radius 2 is 0.383 bits per heavy atom. The van der Waals surface area contributed by atoms with E-state index < -0.39 is 0 Å². The van der Waals surface area contributed by atoms with Gasteiger partial charge in [-0.1, -0.05) is 158 Å². The lowest BCUT2D eigenvalue weighted by Gasteiger charge is -2.26. The Labute approximate surface area is 352 Å². The smallest absolute Gasteiger partial charge is 0.0462 e. The number of nitrogens with zero attached hydrogens (tertiary/aromatic N) is 2. The van der Waals surface area contributed by atoms with Crippen molar-refractivity contribution in [2.45, 2.75) is 0 Å². The van der Waals surface area contributed by atoms with Crippen LogP contribution < -0.4 is 9.80 Å². The van der Waals surface area contributed by atoms with Crippen LogP contribution in [-0.4, -0.2) is 0 Å². The van der Waals surface area contributed by atoms with Gasteiger partial charge in [-0.15, -0.1) is 0 Å². The Morgan fingerprint density at radius 1 is 0.183 bits per heavy atom. The summed E-state index contributed by atoms with van der Waals surface area (Å²) >= 11 is 0. The molecule has 0 N–H and O–H groups in total. The van der Waals surface area contributed by atoms with Crippen LogP contribution in [0.5, 0.6) is 0 Å². The van der Waals surface area contributed by atoms with Crippen molar-refractivity contribution in [2.75, 3.05) is 9.80 Å². The van der Waals surface area contributed by atoms with Crippen LogP contribution in [0.3, 0.4) is 0 Å². The van der Waals surface area contributed by atoms with Crippen molar-refractivity contribution in [3.05, 3.63) is 255 Å². The van der Waals surface area contributed by atoms with E-state index in [4.69, 9.17) is 0 Å². The van der Waals surface area contributed by atoms with Gasteiger partial charge in [0.15, 0.2) is 0 Å². The topological polar surface area (TPSA) is 6.48 Å². The highest BCUT2D eigenvalue weighted by Gasteiger charge is 2.18. The van der Waals surface area contributed by atoms with Gasteiger partial charge in [0.1, 0.15) is 0 Å². The second-order valence-electron chi connectivity index (χ2n) is 15.0. The SMILES string of the molecule is c1ccc(-c2cc3cc(-c4ccc(N(c5ccccc5)c5ccccc5)cc4)c(-c4ccccc4)cc3cc2-c2ccc(N(c3ccccc3)c3ccccc3)cc2)cc1. The van der Waals surface area contributed by atoms with Crippen molar-refractivity contribution in [3.63, 3.8) is 0 Å². The van der Waals surface area contributed by atoms with Crippen LogP contribution in [0.25, 0.3) is 55.3 Å². The van der Waals surface area contributed by atoms with Crippen molar-refractivity contribution in [1.29, 1.82) is 0 Å². The van der Waals surface area contributed by atoms with Gasteiger partial charge in [-0.3, -0.25) is 0 Å². The summed E-state index contributed by atoms with van der Waals surface area (Å²) in [5.74, 6) is 0. The Balaban J connectivity index is 1.10. The molecule has 60 heavy (non-hydrogen) atoms. The molecule has 284 valence electrons. The first kappa shape index (κ1) is 36.4. The first-order chi connectivity index (χ1) is 29.8. The molecule has 0 aliphatic heterocycles. The normalized spacial score (nSPS) is 11.0. The molecular formula is C58H42N2. The van der Waals surface area contributed by atoms with Crippen LogP contribution in [0.2, 0.25) is 0 Å². The summed E-state index contributed by atoms with van der Waals surface area (Å²) in [5.41, 5.74) is 16.2. The maximum Gasteiger partial charge on any atom is 0.0462 e. The summed E-state index contributed by atoms with van der Waals surface area (Å²) < 4.78 is 0. The summed E-state index contributed by atoms with van der Waals surface area (Å²) in [4.78, 5) is 4.62. The fourth-order valence-corrected chi connectivity index (χ4v) is 8.32. The van der Waals surface area contributed by atoms with E-state index in [-0.39, 0.29) is 0 Å². The summed E-state index contributed by atoms with van der Waals surface area (Å²) in [6, 6.07) is 91.4. The van der Waals surface area contributed by atoms with Crippen molar-refractivity contribution in [2.24, 2.45) is 0 Å². The lowest BCUT2D eigenvalue weighted by Crippen LogP contribution is -2.09. The molecule has 0 fully saturated rings. The fourth-order valence-electron chi connectivity index (χ4n) is 8.32. The monoisotopic (exact) mass is 766 g/mol. The fraction of sp³-hybridized carbons (Fsp3) is 0. The summed E-state index contributed by atoms with van der Waals surface area (Å²) in [6.07, 6.45) is 0. The van der Waals surface area contributed by atoms with E-state index in [1.54, 1.807) is 0 Å². The van der Waals surface area contributed by atoms with Gasteiger partial charge >= 0.3 is 0 Å². The molecule has 10 aromatic carbocycles. The summed E-state index contributed by atoms with van der Waals surface area (Å²) in [6.45, 7) is 0. The maximum absolute atomic E-state index is 2.38. The zero-order valence-corrected chi connectivity index (χ0v) is 33.1. The maximum atomic E-state index is 2.38. The summed E-state index contributed by atoms with van der Waals surface area (Å²) in [5, 5.41) is 2.39. The highest BCUT2D eigenvalue weighted by atomic mass is 15.1.